The molecule has 2 rings (SSSR count). The lowest BCUT2D eigenvalue weighted by Gasteiger charge is -2.15. The van der Waals surface area contributed by atoms with Gasteiger partial charge in [-0.25, -0.2) is 0 Å². The normalized spacial score (nSPS) is 10.3. The van der Waals surface area contributed by atoms with Crippen molar-refractivity contribution in [3.8, 4) is 11.5 Å². The van der Waals surface area contributed by atoms with Crippen LogP contribution >= 0.6 is 23.2 Å². The summed E-state index contributed by atoms with van der Waals surface area (Å²) in [7, 11) is 3.19. The van der Waals surface area contributed by atoms with Gasteiger partial charge in [-0.1, -0.05) is 29.3 Å². The largest absolute Gasteiger partial charge is 0.495 e. The van der Waals surface area contributed by atoms with Crippen molar-refractivity contribution < 1.29 is 9.47 Å². The number of rotatable bonds is 5. The number of nitrogens with one attached hydrogen (secondary N) is 1. The SMILES string of the molecule is COc1cc(NCc2ccc(Cl)cc2C)c(OC)cc1Cl. The lowest BCUT2D eigenvalue weighted by Crippen LogP contribution is -2.03. The van der Waals surface area contributed by atoms with Crippen LogP contribution in [0.3, 0.4) is 0 Å². The summed E-state index contributed by atoms with van der Waals surface area (Å²) in [4.78, 5) is 0. The lowest BCUT2D eigenvalue weighted by atomic mass is 10.1. The number of hydrogen-bond acceptors (Lipinski definition) is 3. The fraction of sp³-hybridized carbons (Fsp3) is 0.250. The minimum Gasteiger partial charge on any atom is -0.495 e. The highest BCUT2D eigenvalue weighted by atomic mass is 35.5. The van der Waals surface area contributed by atoms with Crippen LogP contribution in [-0.4, -0.2) is 14.2 Å². The molecule has 0 radical (unpaired) electrons. The maximum Gasteiger partial charge on any atom is 0.143 e. The molecule has 112 valence electrons. The van der Waals surface area contributed by atoms with Crippen LogP contribution in [0.1, 0.15) is 11.1 Å². The molecular formula is C16H17Cl2NO2. The maximum atomic E-state index is 6.09. The molecule has 0 bridgehead atoms. The number of methoxy groups -OCH3 is 2. The van der Waals surface area contributed by atoms with Gasteiger partial charge in [0.25, 0.3) is 0 Å². The van der Waals surface area contributed by atoms with Gasteiger partial charge in [-0.2, -0.15) is 0 Å². The van der Waals surface area contributed by atoms with E-state index in [0.29, 0.717) is 23.1 Å². The molecule has 0 atom stereocenters. The molecule has 0 amide bonds. The van der Waals surface area contributed by atoms with Crippen LogP contribution in [-0.2, 0) is 6.54 Å². The van der Waals surface area contributed by atoms with E-state index in [1.165, 1.54) is 0 Å². The summed E-state index contributed by atoms with van der Waals surface area (Å²) in [5, 5.41) is 4.59. The summed E-state index contributed by atoms with van der Waals surface area (Å²) < 4.78 is 10.6. The first-order valence-electron chi connectivity index (χ1n) is 6.45. The zero-order valence-electron chi connectivity index (χ0n) is 12.2. The first-order chi connectivity index (χ1) is 10.0. The van der Waals surface area contributed by atoms with Crippen LogP contribution in [0.15, 0.2) is 30.3 Å². The van der Waals surface area contributed by atoms with Gasteiger partial charge >= 0.3 is 0 Å². The van der Waals surface area contributed by atoms with E-state index in [9.17, 15) is 0 Å². The molecule has 5 heteroatoms. The zero-order chi connectivity index (χ0) is 15.4. The van der Waals surface area contributed by atoms with E-state index in [-0.39, 0.29) is 0 Å². The molecular weight excluding hydrogens is 309 g/mol. The topological polar surface area (TPSA) is 30.5 Å². The second-order valence-electron chi connectivity index (χ2n) is 4.61. The Morgan fingerprint density at radius 2 is 1.71 bits per heavy atom. The second kappa shape index (κ2) is 6.92. The third-order valence-electron chi connectivity index (χ3n) is 3.25. The fourth-order valence-corrected chi connectivity index (χ4v) is 2.50. The van der Waals surface area contributed by atoms with Crippen LogP contribution in [0.5, 0.6) is 11.5 Å². The molecule has 0 saturated heterocycles. The highest BCUT2D eigenvalue weighted by Gasteiger charge is 2.10. The van der Waals surface area contributed by atoms with Crippen LogP contribution in [0.2, 0.25) is 10.0 Å². The summed E-state index contributed by atoms with van der Waals surface area (Å²) in [6.45, 7) is 2.69. The molecule has 2 aromatic carbocycles. The van der Waals surface area contributed by atoms with Crippen molar-refractivity contribution in [1.29, 1.82) is 0 Å². The maximum absolute atomic E-state index is 6.09. The molecule has 0 unspecified atom stereocenters. The number of anilines is 1. The smallest absolute Gasteiger partial charge is 0.143 e. The highest BCUT2D eigenvalue weighted by Crippen LogP contribution is 2.36. The van der Waals surface area contributed by atoms with Gasteiger partial charge in [0.15, 0.2) is 0 Å². The molecule has 0 heterocycles. The third-order valence-corrected chi connectivity index (χ3v) is 3.78. The van der Waals surface area contributed by atoms with Crippen molar-refractivity contribution in [2.24, 2.45) is 0 Å². The second-order valence-corrected chi connectivity index (χ2v) is 5.46. The van der Waals surface area contributed by atoms with Crippen molar-refractivity contribution in [3.63, 3.8) is 0 Å². The number of hydrogen-bond donors (Lipinski definition) is 1. The van der Waals surface area contributed by atoms with Crippen molar-refractivity contribution in [1.82, 2.24) is 0 Å². The van der Waals surface area contributed by atoms with E-state index < -0.39 is 0 Å². The van der Waals surface area contributed by atoms with Gasteiger partial charge in [0.05, 0.1) is 24.9 Å². The first-order valence-corrected chi connectivity index (χ1v) is 7.21. The quantitative estimate of drug-likeness (QED) is 0.845. The highest BCUT2D eigenvalue weighted by molar-refractivity contribution is 6.32. The van der Waals surface area contributed by atoms with Gasteiger partial charge in [0.2, 0.25) is 0 Å². The van der Waals surface area contributed by atoms with Crippen molar-refractivity contribution in [3.05, 3.63) is 51.5 Å². The molecule has 1 N–H and O–H groups in total. The van der Waals surface area contributed by atoms with Crippen LogP contribution < -0.4 is 14.8 Å². The van der Waals surface area contributed by atoms with E-state index in [1.807, 2.05) is 31.2 Å². The van der Waals surface area contributed by atoms with E-state index in [0.717, 1.165) is 21.8 Å². The monoisotopic (exact) mass is 325 g/mol. The van der Waals surface area contributed by atoms with Gasteiger partial charge in [-0.05, 0) is 30.2 Å². The Morgan fingerprint density at radius 1 is 1.00 bits per heavy atom. The molecule has 0 aliphatic heterocycles. The lowest BCUT2D eigenvalue weighted by molar-refractivity contribution is 0.404. The number of aryl methyl sites for hydroxylation is 1. The summed E-state index contributed by atoms with van der Waals surface area (Å²) >= 11 is 12.1. The van der Waals surface area contributed by atoms with E-state index in [4.69, 9.17) is 32.7 Å². The average molecular weight is 326 g/mol. The molecule has 2 aromatic rings. The van der Waals surface area contributed by atoms with Gasteiger partial charge in [-0.3, -0.25) is 0 Å². The van der Waals surface area contributed by atoms with E-state index in [1.54, 1.807) is 20.3 Å². The third kappa shape index (κ3) is 3.74. The fourth-order valence-electron chi connectivity index (χ4n) is 2.05. The Bertz CT molecular complexity index is 644. The molecule has 0 aliphatic carbocycles. The van der Waals surface area contributed by atoms with Crippen LogP contribution in [0.4, 0.5) is 5.69 Å². The van der Waals surface area contributed by atoms with E-state index >= 15 is 0 Å². The standard InChI is InChI=1S/C16H17Cl2NO2/c1-10-6-12(17)5-4-11(10)9-19-14-8-15(20-2)13(18)7-16(14)21-3/h4-8,19H,9H2,1-3H3. The minimum absolute atomic E-state index is 0.516. The Kier molecular flexibility index (Phi) is 5.21. The van der Waals surface area contributed by atoms with Gasteiger partial charge < -0.3 is 14.8 Å². The predicted molar refractivity (Wildman–Crippen MR) is 88.1 cm³/mol. The minimum atomic E-state index is 0.516. The van der Waals surface area contributed by atoms with Gasteiger partial charge in [0, 0.05) is 23.7 Å². The molecule has 0 aliphatic rings. The molecule has 3 nitrogen and oxygen atoms in total. The van der Waals surface area contributed by atoms with Crippen molar-refractivity contribution in [2.45, 2.75) is 13.5 Å². The van der Waals surface area contributed by atoms with Crippen molar-refractivity contribution >= 4 is 28.9 Å². The zero-order valence-corrected chi connectivity index (χ0v) is 13.7. The van der Waals surface area contributed by atoms with Gasteiger partial charge in [-0.15, -0.1) is 0 Å². The Hall–Kier alpha value is -1.58. The van der Waals surface area contributed by atoms with Crippen LogP contribution in [0.25, 0.3) is 0 Å². The average Bonchev–Trinajstić information content (AvgIpc) is 2.47. The van der Waals surface area contributed by atoms with Crippen LogP contribution in [0, 0.1) is 6.92 Å². The first kappa shape index (κ1) is 15.8. The molecule has 21 heavy (non-hydrogen) atoms. The predicted octanol–water partition coefficient (Wildman–Crippen LogP) is 4.93. The molecule has 0 spiro atoms. The summed E-state index contributed by atoms with van der Waals surface area (Å²) in [5.41, 5.74) is 3.12. The Labute approximate surface area is 134 Å². The van der Waals surface area contributed by atoms with Gasteiger partial charge in [0.1, 0.15) is 11.5 Å². The summed E-state index contributed by atoms with van der Waals surface area (Å²) in [6, 6.07) is 9.39. The number of ether oxygens (including phenoxy) is 2. The Morgan fingerprint density at radius 3 is 2.33 bits per heavy atom. The molecule has 0 fully saturated rings. The van der Waals surface area contributed by atoms with Crippen molar-refractivity contribution in [2.75, 3.05) is 19.5 Å². The number of benzene rings is 2. The summed E-state index contributed by atoms with van der Waals surface area (Å²) in [6.07, 6.45) is 0. The van der Waals surface area contributed by atoms with E-state index in [2.05, 4.69) is 5.32 Å². The molecule has 0 saturated carbocycles. The summed E-state index contributed by atoms with van der Waals surface area (Å²) in [5.74, 6) is 1.28. The Balaban J connectivity index is 2.22. The molecule has 0 aromatic heterocycles. The number of halogens is 2.